The second-order valence-corrected chi connectivity index (χ2v) is 11.0. The van der Waals surface area contributed by atoms with E-state index in [1.54, 1.807) is 27.0 Å². The van der Waals surface area contributed by atoms with Crippen molar-refractivity contribution in [2.45, 2.75) is 70.1 Å². The van der Waals surface area contributed by atoms with Gasteiger partial charge in [-0.05, 0) is 57.9 Å². The summed E-state index contributed by atoms with van der Waals surface area (Å²) in [6.45, 7) is 10.2. The Balaban J connectivity index is 1.94. The van der Waals surface area contributed by atoms with Crippen molar-refractivity contribution in [2.24, 2.45) is 0 Å². The van der Waals surface area contributed by atoms with Crippen LogP contribution in [-0.2, 0) is 11.3 Å². The number of nitrogens with zero attached hydrogens (tertiary/aromatic N) is 2. The Labute approximate surface area is 217 Å². The Kier molecular flexibility index (Phi) is 8.84. The van der Waals surface area contributed by atoms with Gasteiger partial charge in [0.2, 0.25) is 0 Å². The van der Waals surface area contributed by atoms with E-state index in [4.69, 9.17) is 9.72 Å². The van der Waals surface area contributed by atoms with Gasteiger partial charge in [0.1, 0.15) is 22.0 Å². The largest absolute Gasteiger partial charge is 0.497 e. The highest BCUT2D eigenvalue weighted by molar-refractivity contribution is 8.01. The molecule has 2 aromatic carbocycles. The summed E-state index contributed by atoms with van der Waals surface area (Å²) in [5.41, 5.74) is 3.69. The Bertz CT molecular complexity index is 1230. The first-order chi connectivity index (χ1) is 17.1. The molecule has 1 aromatic heterocycles. The lowest BCUT2D eigenvalue weighted by Gasteiger charge is -2.18. The number of anilines is 1. The van der Waals surface area contributed by atoms with Gasteiger partial charge in [-0.3, -0.25) is 9.59 Å². The van der Waals surface area contributed by atoms with E-state index in [1.807, 2.05) is 50.2 Å². The quantitative estimate of drug-likeness (QED) is 0.224. The molecule has 0 aliphatic rings. The van der Waals surface area contributed by atoms with Gasteiger partial charge in [-0.25, -0.2) is 4.98 Å². The highest BCUT2D eigenvalue weighted by atomic mass is 32.2. The van der Waals surface area contributed by atoms with E-state index in [0.29, 0.717) is 17.1 Å². The predicted octanol–water partition coefficient (Wildman–Crippen LogP) is 6.57. The molecule has 8 heteroatoms. The highest BCUT2D eigenvalue weighted by Gasteiger charge is 2.28. The second kappa shape index (κ2) is 11.6. The summed E-state index contributed by atoms with van der Waals surface area (Å²) < 4.78 is 6.48. The SMILES string of the molecule is CCCCCn1c(-c2ccc(SC(C)(C)C(=O)O)cc2)nc(C(=O)Nc2cc(OC)ccc2C)c1C. The topological polar surface area (TPSA) is 93.5 Å². The van der Waals surface area contributed by atoms with Crippen LogP contribution in [0.2, 0.25) is 0 Å². The zero-order valence-corrected chi connectivity index (χ0v) is 22.7. The standard InChI is InChI=1S/C28H35N3O4S/c1-7-8-9-16-31-19(3)24(26(32)29-23-17-21(35-6)13-10-18(23)2)30-25(31)20-11-14-22(15-12-20)36-28(4,5)27(33)34/h10-15,17H,7-9,16H2,1-6H3,(H,29,32)(H,33,34). The molecule has 0 aliphatic heterocycles. The van der Waals surface area contributed by atoms with Gasteiger partial charge in [0.05, 0.1) is 7.11 Å². The molecule has 36 heavy (non-hydrogen) atoms. The van der Waals surface area contributed by atoms with Gasteiger partial charge in [-0.1, -0.05) is 38.0 Å². The van der Waals surface area contributed by atoms with Gasteiger partial charge in [-0.15, -0.1) is 11.8 Å². The molecule has 0 spiro atoms. The number of unbranched alkanes of at least 4 members (excludes halogenated alkanes) is 2. The lowest BCUT2D eigenvalue weighted by Crippen LogP contribution is -2.26. The first-order valence-corrected chi connectivity index (χ1v) is 12.9. The van der Waals surface area contributed by atoms with Crippen molar-refractivity contribution in [1.29, 1.82) is 0 Å². The molecule has 0 bridgehead atoms. The number of aliphatic carboxylic acids is 1. The minimum Gasteiger partial charge on any atom is -0.497 e. The molecule has 7 nitrogen and oxygen atoms in total. The van der Waals surface area contributed by atoms with Gasteiger partial charge < -0.3 is 19.7 Å². The second-order valence-electron chi connectivity index (χ2n) is 9.31. The number of hydrogen-bond donors (Lipinski definition) is 2. The number of aryl methyl sites for hydroxylation is 1. The predicted molar refractivity (Wildman–Crippen MR) is 145 cm³/mol. The first-order valence-electron chi connectivity index (χ1n) is 12.1. The Hall–Kier alpha value is -3.26. The van der Waals surface area contributed by atoms with Gasteiger partial charge in [0.25, 0.3) is 5.91 Å². The molecule has 2 N–H and O–H groups in total. The number of imidazole rings is 1. The summed E-state index contributed by atoms with van der Waals surface area (Å²) >= 11 is 1.30. The number of hydrogen-bond acceptors (Lipinski definition) is 5. The zero-order chi connectivity index (χ0) is 26.5. The lowest BCUT2D eigenvalue weighted by molar-refractivity contribution is -0.138. The number of carbonyl (C=O) groups excluding carboxylic acids is 1. The number of carboxylic acids is 1. The van der Waals surface area contributed by atoms with E-state index in [-0.39, 0.29) is 5.91 Å². The van der Waals surface area contributed by atoms with Crippen LogP contribution in [0, 0.1) is 13.8 Å². The van der Waals surface area contributed by atoms with Crippen molar-refractivity contribution in [1.82, 2.24) is 9.55 Å². The number of carbonyl (C=O) groups is 2. The average Bonchev–Trinajstić information content (AvgIpc) is 3.17. The summed E-state index contributed by atoms with van der Waals surface area (Å²) in [5.74, 6) is 0.267. The molecule has 0 saturated carbocycles. The Morgan fingerprint density at radius 2 is 1.81 bits per heavy atom. The van der Waals surface area contributed by atoms with Crippen LogP contribution in [0.15, 0.2) is 47.4 Å². The summed E-state index contributed by atoms with van der Waals surface area (Å²) in [7, 11) is 1.59. The molecule has 0 aliphatic carbocycles. The van der Waals surface area contributed by atoms with Crippen LogP contribution < -0.4 is 10.1 Å². The van der Waals surface area contributed by atoms with Gasteiger partial charge >= 0.3 is 5.97 Å². The van der Waals surface area contributed by atoms with Crippen LogP contribution in [0.5, 0.6) is 5.75 Å². The van der Waals surface area contributed by atoms with Crippen molar-refractivity contribution in [3.8, 4) is 17.1 Å². The minimum absolute atomic E-state index is 0.269. The molecule has 0 saturated heterocycles. The van der Waals surface area contributed by atoms with Crippen LogP contribution in [-0.4, -0.2) is 38.4 Å². The number of rotatable bonds is 11. The minimum atomic E-state index is -0.930. The maximum Gasteiger partial charge on any atom is 0.319 e. The van der Waals surface area contributed by atoms with Crippen molar-refractivity contribution in [2.75, 3.05) is 12.4 Å². The molecule has 0 radical (unpaired) electrons. The third-order valence-electron chi connectivity index (χ3n) is 6.11. The van der Waals surface area contributed by atoms with Crippen molar-refractivity contribution in [3.63, 3.8) is 0 Å². The summed E-state index contributed by atoms with van der Waals surface area (Å²) in [6.07, 6.45) is 3.16. The normalized spacial score (nSPS) is 11.4. The molecule has 1 amide bonds. The summed E-state index contributed by atoms with van der Waals surface area (Å²) in [6, 6.07) is 13.3. The van der Waals surface area contributed by atoms with Crippen LogP contribution in [0.3, 0.4) is 0 Å². The summed E-state index contributed by atoms with van der Waals surface area (Å²) in [5, 5.41) is 12.4. The molecular weight excluding hydrogens is 474 g/mol. The van der Waals surface area contributed by atoms with Gasteiger partial charge in [0.15, 0.2) is 0 Å². The van der Waals surface area contributed by atoms with E-state index in [0.717, 1.165) is 53.3 Å². The van der Waals surface area contributed by atoms with E-state index in [2.05, 4.69) is 16.8 Å². The van der Waals surface area contributed by atoms with Crippen LogP contribution in [0.25, 0.3) is 11.4 Å². The van der Waals surface area contributed by atoms with Crippen LogP contribution in [0.4, 0.5) is 5.69 Å². The number of nitrogens with one attached hydrogen (secondary N) is 1. The van der Waals surface area contributed by atoms with E-state index in [9.17, 15) is 14.7 Å². The number of thioether (sulfide) groups is 1. The molecule has 0 fully saturated rings. The Morgan fingerprint density at radius 3 is 2.42 bits per heavy atom. The third-order valence-corrected chi connectivity index (χ3v) is 7.31. The number of methoxy groups -OCH3 is 1. The number of ether oxygens (including phenoxy) is 1. The number of carboxylic acid groups (broad SMARTS) is 1. The monoisotopic (exact) mass is 509 g/mol. The number of benzene rings is 2. The van der Waals surface area contributed by atoms with E-state index < -0.39 is 10.7 Å². The smallest absolute Gasteiger partial charge is 0.319 e. The fourth-order valence-electron chi connectivity index (χ4n) is 3.82. The molecule has 1 heterocycles. The van der Waals surface area contributed by atoms with Crippen molar-refractivity contribution < 1.29 is 19.4 Å². The lowest BCUT2D eigenvalue weighted by atomic mass is 10.2. The third kappa shape index (κ3) is 6.29. The molecule has 3 rings (SSSR count). The molecule has 0 atom stereocenters. The molecule has 192 valence electrons. The van der Waals surface area contributed by atoms with Crippen LogP contribution in [0.1, 0.15) is 61.8 Å². The van der Waals surface area contributed by atoms with E-state index in [1.165, 1.54) is 11.8 Å². The number of aromatic nitrogens is 2. The van der Waals surface area contributed by atoms with Gasteiger partial charge in [0, 0.05) is 34.5 Å². The Morgan fingerprint density at radius 1 is 1.11 bits per heavy atom. The van der Waals surface area contributed by atoms with E-state index >= 15 is 0 Å². The molecular formula is C28H35N3O4S. The summed E-state index contributed by atoms with van der Waals surface area (Å²) in [4.78, 5) is 30.4. The van der Waals surface area contributed by atoms with Crippen molar-refractivity contribution in [3.05, 3.63) is 59.4 Å². The average molecular weight is 510 g/mol. The highest BCUT2D eigenvalue weighted by Crippen LogP contribution is 2.34. The molecule has 0 unspecified atom stereocenters. The fourth-order valence-corrected chi connectivity index (χ4v) is 4.77. The maximum absolute atomic E-state index is 13.3. The first kappa shape index (κ1) is 27.3. The maximum atomic E-state index is 13.3. The van der Waals surface area contributed by atoms with Crippen LogP contribution >= 0.6 is 11.8 Å². The zero-order valence-electron chi connectivity index (χ0n) is 21.8. The molecule has 3 aromatic rings. The number of amides is 1. The fraction of sp³-hybridized carbons (Fsp3) is 0.393. The van der Waals surface area contributed by atoms with Crippen molar-refractivity contribution >= 4 is 29.3 Å². The van der Waals surface area contributed by atoms with Gasteiger partial charge in [-0.2, -0.15) is 0 Å².